The van der Waals surface area contributed by atoms with Crippen LogP contribution < -0.4 is 5.32 Å². The molecule has 0 aliphatic carbocycles. The van der Waals surface area contributed by atoms with Crippen molar-refractivity contribution in [3.05, 3.63) is 30.0 Å². The molecule has 2 rings (SSSR count). The summed E-state index contributed by atoms with van der Waals surface area (Å²) in [6, 6.07) is 6.00. The van der Waals surface area contributed by atoms with Crippen LogP contribution in [0.5, 0.6) is 0 Å². The van der Waals surface area contributed by atoms with Crippen LogP contribution in [-0.4, -0.2) is 27.9 Å². The second-order valence-corrected chi connectivity index (χ2v) is 6.00. The third-order valence-corrected chi connectivity index (χ3v) is 2.86. The molecule has 1 unspecified atom stereocenters. The van der Waals surface area contributed by atoms with Crippen LogP contribution >= 0.6 is 0 Å². The number of H-pyrrole nitrogens is 1. The zero-order valence-corrected chi connectivity index (χ0v) is 12.4. The minimum atomic E-state index is -0.478. The number of amides is 1. The molecule has 1 atom stereocenters. The van der Waals surface area contributed by atoms with Gasteiger partial charge in [0.05, 0.1) is 11.7 Å². The Morgan fingerprint density at radius 2 is 2.20 bits per heavy atom. The molecule has 0 aliphatic rings. The van der Waals surface area contributed by atoms with E-state index >= 15 is 0 Å². The molecule has 1 aromatic carbocycles. The summed E-state index contributed by atoms with van der Waals surface area (Å²) in [5, 5.41) is 10.9. The molecule has 1 heterocycles. The van der Waals surface area contributed by atoms with E-state index in [1.54, 1.807) is 0 Å². The van der Waals surface area contributed by atoms with Gasteiger partial charge < -0.3 is 10.1 Å². The molecule has 1 amide bonds. The van der Waals surface area contributed by atoms with Crippen LogP contribution in [0.1, 0.15) is 33.3 Å². The van der Waals surface area contributed by atoms with Gasteiger partial charge in [-0.05, 0) is 45.7 Å². The summed E-state index contributed by atoms with van der Waals surface area (Å²) in [6.45, 7) is 7.51. The molecule has 5 heteroatoms. The fraction of sp³-hybridized carbons (Fsp3) is 0.467. The Labute approximate surface area is 118 Å². The van der Waals surface area contributed by atoms with Gasteiger partial charge in [0.1, 0.15) is 5.60 Å². The number of hydrogen-bond acceptors (Lipinski definition) is 3. The van der Waals surface area contributed by atoms with Crippen molar-refractivity contribution >= 4 is 17.0 Å². The number of benzene rings is 1. The molecule has 20 heavy (non-hydrogen) atoms. The average Bonchev–Trinajstić information content (AvgIpc) is 2.74. The predicted molar refractivity (Wildman–Crippen MR) is 78.6 cm³/mol. The summed E-state index contributed by atoms with van der Waals surface area (Å²) in [6.07, 6.45) is 2.16. The maximum atomic E-state index is 11.7. The van der Waals surface area contributed by atoms with Crippen LogP contribution in [0.3, 0.4) is 0 Å². The van der Waals surface area contributed by atoms with Crippen molar-refractivity contribution in [2.75, 3.05) is 0 Å². The Morgan fingerprint density at radius 1 is 1.45 bits per heavy atom. The lowest BCUT2D eigenvalue weighted by molar-refractivity contribution is 0.0508. The highest BCUT2D eigenvalue weighted by Crippen LogP contribution is 2.17. The molecule has 0 aliphatic heterocycles. The topological polar surface area (TPSA) is 67.0 Å². The number of ether oxygens (including phenoxy) is 1. The van der Waals surface area contributed by atoms with Gasteiger partial charge in [0.15, 0.2) is 0 Å². The molecule has 1 aromatic heterocycles. The van der Waals surface area contributed by atoms with E-state index in [0.29, 0.717) is 0 Å². The lowest BCUT2D eigenvalue weighted by Crippen LogP contribution is -2.38. The number of alkyl carbamates (subject to hydrolysis) is 1. The highest BCUT2D eigenvalue weighted by molar-refractivity contribution is 5.81. The van der Waals surface area contributed by atoms with E-state index in [1.165, 1.54) is 0 Å². The largest absolute Gasteiger partial charge is 0.444 e. The van der Waals surface area contributed by atoms with Gasteiger partial charge in [-0.2, -0.15) is 5.10 Å². The number of hydrogen-bond donors (Lipinski definition) is 2. The molecule has 2 aromatic rings. The first-order chi connectivity index (χ1) is 9.35. The Hall–Kier alpha value is -2.04. The molecular formula is C15H21N3O2. The van der Waals surface area contributed by atoms with Crippen molar-refractivity contribution in [3.63, 3.8) is 0 Å². The molecule has 108 valence electrons. The second kappa shape index (κ2) is 5.53. The minimum absolute atomic E-state index is 0.00894. The van der Waals surface area contributed by atoms with Gasteiger partial charge >= 0.3 is 6.09 Å². The second-order valence-electron chi connectivity index (χ2n) is 6.00. The number of nitrogens with zero attached hydrogens (tertiary/aromatic N) is 1. The number of aromatic amines is 1. The smallest absolute Gasteiger partial charge is 0.407 e. The van der Waals surface area contributed by atoms with Gasteiger partial charge in [0, 0.05) is 11.4 Å². The SMILES string of the molecule is CC(Cc1cccc2[nH]ncc12)NC(=O)OC(C)(C)C. The van der Waals surface area contributed by atoms with E-state index in [4.69, 9.17) is 4.74 Å². The van der Waals surface area contributed by atoms with Gasteiger partial charge in [-0.3, -0.25) is 5.10 Å². The van der Waals surface area contributed by atoms with Crippen LogP contribution in [0.25, 0.3) is 10.9 Å². The molecule has 0 spiro atoms. The highest BCUT2D eigenvalue weighted by Gasteiger charge is 2.18. The van der Waals surface area contributed by atoms with E-state index in [0.717, 1.165) is 22.9 Å². The normalized spacial score (nSPS) is 13.2. The lowest BCUT2D eigenvalue weighted by atomic mass is 10.0. The standard InChI is InChI=1S/C15H21N3O2/c1-10(17-14(19)20-15(2,3)4)8-11-6-5-7-13-12(11)9-16-18-13/h5-7,9-10H,8H2,1-4H3,(H,16,18)(H,17,19). The summed E-state index contributed by atoms with van der Waals surface area (Å²) in [4.78, 5) is 11.7. The van der Waals surface area contributed by atoms with Crippen molar-refractivity contribution in [2.45, 2.75) is 45.8 Å². The fourth-order valence-electron chi connectivity index (χ4n) is 2.10. The molecule has 2 N–H and O–H groups in total. The molecule has 0 fully saturated rings. The van der Waals surface area contributed by atoms with Gasteiger partial charge in [-0.25, -0.2) is 4.79 Å². The molecule has 0 bridgehead atoms. The lowest BCUT2D eigenvalue weighted by Gasteiger charge is -2.22. The van der Waals surface area contributed by atoms with Crippen LogP contribution in [0, 0.1) is 0 Å². The number of fused-ring (bicyclic) bond motifs is 1. The average molecular weight is 275 g/mol. The Balaban J connectivity index is 1.99. The maximum absolute atomic E-state index is 11.7. The highest BCUT2D eigenvalue weighted by atomic mass is 16.6. The van der Waals surface area contributed by atoms with Crippen molar-refractivity contribution in [3.8, 4) is 0 Å². The van der Waals surface area contributed by atoms with Crippen molar-refractivity contribution in [2.24, 2.45) is 0 Å². The van der Waals surface area contributed by atoms with Crippen LogP contribution in [-0.2, 0) is 11.2 Å². The van der Waals surface area contributed by atoms with E-state index in [2.05, 4.69) is 15.5 Å². The molecular weight excluding hydrogens is 254 g/mol. The van der Waals surface area contributed by atoms with Gasteiger partial charge in [-0.1, -0.05) is 12.1 Å². The van der Waals surface area contributed by atoms with Crippen LogP contribution in [0.4, 0.5) is 4.79 Å². The summed E-state index contributed by atoms with van der Waals surface area (Å²) in [5.74, 6) is 0. The fourth-order valence-corrected chi connectivity index (χ4v) is 2.10. The summed E-state index contributed by atoms with van der Waals surface area (Å²) in [7, 11) is 0. The predicted octanol–water partition coefficient (Wildman–Crippen LogP) is 3.02. The maximum Gasteiger partial charge on any atom is 0.407 e. The zero-order valence-electron chi connectivity index (χ0n) is 12.4. The Kier molecular flexibility index (Phi) is 3.97. The van der Waals surface area contributed by atoms with E-state index in [1.807, 2.05) is 52.1 Å². The molecule has 0 radical (unpaired) electrons. The van der Waals surface area contributed by atoms with Gasteiger partial charge in [0.2, 0.25) is 0 Å². The monoisotopic (exact) mass is 275 g/mol. The van der Waals surface area contributed by atoms with E-state index < -0.39 is 5.60 Å². The first kappa shape index (κ1) is 14.4. The van der Waals surface area contributed by atoms with Crippen molar-refractivity contribution in [1.29, 1.82) is 0 Å². The van der Waals surface area contributed by atoms with Crippen LogP contribution in [0.2, 0.25) is 0 Å². The van der Waals surface area contributed by atoms with Gasteiger partial charge in [0.25, 0.3) is 0 Å². The summed E-state index contributed by atoms with van der Waals surface area (Å²) >= 11 is 0. The van der Waals surface area contributed by atoms with Crippen LogP contribution in [0.15, 0.2) is 24.4 Å². The quantitative estimate of drug-likeness (QED) is 0.904. The number of nitrogens with one attached hydrogen (secondary N) is 2. The summed E-state index contributed by atoms with van der Waals surface area (Å²) in [5.41, 5.74) is 1.68. The van der Waals surface area contributed by atoms with Crippen molar-refractivity contribution < 1.29 is 9.53 Å². The zero-order chi connectivity index (χ0) is 14.8. The van der Waals surface area contributed by atoms with Crippen molar-refractivity contribution in [1.82, 2.24) is 15.5 Å². The van der Waals surface area contributed by atoms with E-state index in [-0.39, 0.29) is 12.1 Å². The minimum Gasteiger partial charge on any atom is -0.444 e. The third kappa shape index (κ3) is 3.73. The number of rotatable bonds is 3. The van der Waals surface area contributed by atoms with Gasteiger partial charge in [-0.15, -0.1) is 0 Å². The first-order valence-electron chi connectivity index (χ1n) is 6.75. The number of carbonyl (C=O) groups is 1. The van der Waals surface area contributed by atoms with E-state index in [9.17, 15) is 4.79 Å². The first-order valence-corrected chi connectivity index (χ1v) is 6.75. The molecule has 5 nitrogen and oxygen atoms in total. The number of carbonyl (C=O) groups excluding carboxylic acids is 1. The number of aromatic nitrogens is 2. The Morgan fingerprint density at radius 3 is 2.90 bits per heavy atom. The molecule has 0 saturated heterocycles. The third-order valence-electron chi connectivity index (χ3n) is 2.86. The summed E-state index contributed by atoms with van der Waals surface area (Å²) < 4.78 is 5.25. The molecule has 0 saturated carbocycles. The Bertz CT molecular complexity index is 598.